The van der Waals surface area contributed by atoms with Gasteiger partial charge in [0.1, 0.15) is 5.75 Å². The highest BCUT2D eigenvalue weighted by Crippen LogP contribution is 2.24. The first-order valence-electron chi connectivity index (χ1n) is 5.93. The van der Waals surface area contributed by atoms with Gasteiger partial charge in [-0.2, -0.15) is 0 Å². The number of ether oxygens (including phenoxy) is 1. The maximum absolute atomic E-state index is 12.0. The van der Waals surface area contributed by atoms with E-state index >= 15 is 0 Å². The molecule has 0 radical (unpaired) electrons. The van der Waals surface area contributed by atoms with Gasteiger partial charge in [-0.15, -0.1) is 0 Å². The molecule has 1 N–H and O–H groups in total. The van der Waals surface area contributed by atoms with E-state index in [0.29, 0.717) is 6.42 Å². The van der Waals surface area contributed by atoms with Gasteiger partial charge in [0.05, 0.1) is 7.11 Å². The van der Waals surface area contributed by atoms with E-state index in [1.54, 1.807) is 7.11 Å². The molecule has 1 rings (SSSR count). The summed E-state index contributed by atoms with van der Waals surface area (Å²) in [5.41, 5.74) is 2.89. The average molecular weight is 235 g/mol. The van der Waals surface area contributed by atoms with E-state index < -0.39 is 0 Å². The summed E-state index contributed by atoms with van der Waals surface area (Å²) < 4.78 is 5.24. The van der Waals surface area contributed by atoms with E-state index in [2.05, 4.69) is 5.32 Å². The number of ketones is 1. The minimum Gasteiger partial charge on any atom is -0.496 e. The molecule has 0 aliphatic carbocycles. The van der Waals surface area contributed by atoms with E-state index in [9.17, 15) is 4.79 Å². The molecule has 0 aliphatic heterocycles. The smallest absolute Gasteiger partial charge is 0.163 e. The fourth-order valence-corrected chi connectivity index (χ4v) is 1.88. The topological polar surface area (TPSA) is 38.3 Å². The molecule has 1 aromatic carbocycles. The molecule has 0 fully saturated rings. The van der Waals surface area contributed by atoms with Crippen LogP contribution in [0.4, 0.5) is 0 Å². The van der Waals surface area contributed by atoms with Crippen LogP contribution in [-0.2, 0) is 0 Å². The number of hydrogen-bond donors (Lipinski definition) is 1. The summed E-state index contributed by atoms with van der Waals surface area (Å²) in [6, 6.07) is 3.73. The van der Waals surface area contributed by atoms with Crippen LogP contribution in [0, 0.1) is 13.8 Å². The molecule has 0 saturated carbocycles. The zero-order chi connectivity index (χ0) is 12.8. The van der Waals surface area contributed by atoms with Crippen molar-refractivity contribution < 1.29 is 9.53 Å². The molecule has 94 valence electrons. The lowest BCUT2D eigenvalue weighted by molar-refractivity contribution is 0.0979. The van der Waals surface area contributed by atoms with Crippen molar-refractivity contribution in [2.75, 3.05) is 20.7 Å². The van der Waals surface area contributed by atoms with Gasteiger partial charge in [0.2, 0.25) is 0 Å². The fraction of sp³-hybridized carbons (Fsp3) is 0.500. The zero-order valence-electron chi connectivity index (χ0n) is 11.1. The number of hydrogen-bond acceptors (Lipinski definition) is 3. The Morgan fingerprint density at radius 1 is 1.29 bits per heavy atom. The SMILES string of the molecule is CNCCCC(=O)c1ccc(OC)c(C)c1C. The molecule has 3 nitrogen and oxygen atoms in total. The van der Waals surface area contributed by atoms with Crippen LogP contribution >= 0.6 is 0 Å². The molecule has 0 unspecified atom stereocenters. The van der Waals surface area contributed by atoms with Gasteiger partial charge in [0, 0.05) is 12.0 Å². The van der Waals surface area contributed by atoms with Crippen molar-refractivity contribution >= 4 is 5.78 Å². The number of benzene rings is 1. The first-order chi connectivity index (χ1) is 8.11. The maximum Gasteiger partial charge on any atom is 0.163 e. The van der Waals surface area contributed by atoms with Crippen molar-refractivity contribution in [2.24, 2.45) is 0 Å². The van der Waals surface area contributed by atoms with Crippen LogP contribution in [0.25, 0.3) is 0 Å². The summed E-state index contributed by atoms with van der Waals surface area (Å²) in [6.45, 7) is 4.83. The third-order valence-corrected chi connectivity index (χ3v) is 3.09. The lowest BCUT2D eigenvalue weighted by Crippen LogP contribution is -2.11. The van der Waals surface area contributed by atoms with Gasteiger partial charge in [-0.1, -0.05) is 0 Å². The molecule has 0 aromatic heterocycles. The van der Waals surface area contributed by atoms with E-state index in [1.807, 2.05) is 33.0 Å². The van der Waals surface area contributed by atoms with Gasteiger partial charge in [-0.05, 0) is 57.1 Å². The second-order valence-corrected chi connectivity index (χ2v) is 4.20. The summed E-state index contributed by atoms with van der Waals surface area (Å²) in [5.74, 6) is 1.05. The summed E-state index contributed by atoms with van der Waals surface area (Å²) >= 11 is 0. The van der Waals surface area contributed by atoms with E-state index in [1.165, 1.54) is 0 Å². The highest BCUT2D eigenvalue weighted by Gasteiger charge is 2.12. The van der Waals surface area contributed by atoms with E-state index in [4.69, 9.17) is 4.74 Å². The Balaban J connectivity index is 2.84. The molecule has 0 heterocycles. The van der Waals surface area contributed by atoms with Gasteiger partial charge in [0.15, 0.2) is 5.78 Å². The van der Waals surface area contributed by atoms with Crippen molar-refractivity contribution in [2.45, 2.75) is 26.7 Å². The Kier molecular flexibility index (Phi) is 5.16. The molecule has 0 saturated heterocycles. The summed E-state index contributed by atoms with van der Waals surface area (Å²) in [4.78, 5) is 12.0. The lowest BCUT2D eigenvalue weighted by atomic mass is 9.97. The average Bonchev–Trinajstić information content (AvgIpc) is 2.32. The van der Waals surface area contributed by atoms with Crippen molar-refractivity contribution in [1.29, 1.82) is 0 Å². The van der Waals surface area contributed by atoms with Crippen molar-refractivity contribution in [3.8, 4) is 5.75 Å². The highest BCUT2D eigenvalue weighted by atomic mass is 16.5. The molecular formula is C14H21NO2. The van der Waals surface area contributed by atoms with Gasteiger partial charge < -0.3 is 10.1 Å². The highest BCUT2D eigenvalue weighted by molar-refractivity contribution is 5.97. The van der Waals surface area contributed by atoms with Crippen molar-refractivity contribution in [1.82, 2.24) is 5.32 Å². The number of carbonyl (C=O) groups is 1. The van der Waals surface area contributed by atoms with Crippen LogP contribution in [-0.4, -0.2) is 26.5 Å². The Morgan fingerprint density at radius 2 is 2.00 bits per heavy atom. The standard InChI is InChI=1S/C14H21NO2/c1-10-11(2)14(17-4)8-7-12(10)13(16)6-5-9-15-3/h7-8,15H,5-6,9H2,1-4H3. The van der Waals surface area contributed by atoms with Crippen LogP contribution in [0.1, 0.15) is 34.3 Å². The number of rotatable bonds is 6. The minimum absolute atomic E-state index is 0.212. The third kappa shape index (κ3) is 3.30. The third-order valence-electron chi connectivity index (χ3n) is 3.09. The van der Waals surface area contributed by atoms with Crippen LogP contribution in [0.3, 0.4) is 0 Å². The number of methoxy groups -OCH3 is 1. The monoisotopic (exact) mass is 235 g/mol. The summed E-state index contributed by atoms with van der Waals surface area (Å²) in [7, 11) is 3.55. The second kappa shape index (κ2) is 6.40. The molecule has 1 aromatic rings. The van der Waals surface area contributed by atoms with Gasteiger partial charge in [-0.3, -0.25) is 4.79 Å². The number of carbonyl (C=O) groups excluding carboxylic acids is 1. The lowest BCUT2D eigenvalue weighted by Gasteiger charge is -2.11. The van der Waals surface area contributed by atoms with E-state index in [0.717, 1.165) is 35.4 Å². The zero-order valence-corrected chi connectivity index (χ0v) is 11.1. The van der Waals surface area contributed by atoms with Crippen molar-refractivity contribution in [3.05, 3.63) is 28.8 Å². The van der Waals surface area contributed by atoms with Crippen LogP contribution in [0.2, 0.25) is 0 Å². The Bertz CT molecular complexity index is 399. The first kappa shape index (κ1) is 13.7. The maximum atomic E-state index is 12.0. The predicted molar refractivity (Wildman–Crippen MR) is 70.0 cm³/mol. The van der Waals surface area contributed by atoms with Crippen LogP contribution in [0.5, 0.6) is 5.75 Å². The van der Waals surface area contributed by atoms with E-state index in [-0.39, 0.29) is 5.78 Å². The number of nitrogens with one attached hydrogen (secondary N) is 1. The van der Waals surface area contributed by atoms with Gasteiger partial charge >= 0.3 is 0 Å². The normalized spacial score (nSPS) is 10.4. The molecule has 17 heavy (non-hydrogen) atoms. The number of Topliss-reactive ketones (excluding diaryl/α,β-unsaturated/α-hetero) is 1. The van der Waals surface area contributed by atoms with Gasteiger partial charge in [-0.25, -0.2) is 0 Å². The van der Waals surface area contributed by atoms with Crippen LogP contribution in [0.15, 0.2) is 12.1 Å². The summed E-state index contributed by atoms with van der Waals surface area (Å²) in [6.07, 6.45) is 1.47. The molecule has 0 bridgehead atoms. The minimum atomic E-state index is 0.212. The molecule has 0 atom stereocenters. The second-order valence-electron chi connectivity index (χ2n) is 4.20. The Morgan fingerprint density at radius 3 is 2.59 bits per heavy atom. The van der Waals surface area contributed by atoms with Gasteiger partial charge in [0.25, 0.3) is 0 Å². The summed E-state index contributed by atoms with van der Waals surface area (Å²) in [5, 5.41) is 3.05. The molecular weight excluding hydrogens is 214 g/mol. The largest absolute Gasteiger partial charge is 0.496 e. The van der Waals surface area contributed by atoms with Crippen LogP contribution < -0.4 is 10.1 Å². The Hall–Kier alpha value is -1.35. The first-order valence-corrected chi connectivity index (χ1v) is 5.93. The molecule has 0 aliphatic rings. The molecule has 0 spiro atoms. The fourth-order valence-electron chi connectivity index (χ4n) is 1.88. The Labute approximate surface area is 103 Å². The molecule has 0 amide bonds. The predicted octanol–water partition coefficient (Wildman–Crippen LogP) is 2.49. The van der Waals surface area contributed by atoms with Crippen molar-refractivity contribution in [3.63, 3.8) is 0 Å². The quantitative estimate of drug-likeness (QED) is 0.608. The molecule has 3 heteroatoms.